The lowest BCUT2D eigenvalue weighted by atomic mass is 9.53. The quantitative estimate of drug-likeness (QED) is 0.654. The van der Waals surface area contributed by atoms with Crippen molar-refractivity contribution >= 4 is 0 Å². The van der Waals surface area contributed by atoms with Crippen molar-refractivity contribution in [3.8, 4) is 5.75 Å². The zero-order valence-corrected chi connectivity index (χ0v) is 15.4. The van der Waals surface area contributed by atoms with E-state index in [1.807, 2.05) is 12.1 Å². The van der Waals surface area contributed by atoms with Gasteiger partial charge in [-0.3, -0.25) is 0 Å². The predicted octanol–water partition coefficient (Wildman–Crippen LogP) is 6.22. The van der Waals surface area contributed by atoms with Gasteiger partial charge in [-0.1, -0.05) is 38.5 Å². The summed E-state index contributed by atoms with van der Waals surface area (Å²) in [4.78, 5) is 0. The first-order chi connectivity index (χ1) is 11.5. The Kier molecular flexibility index (Phi) is 4.01. The van der Waals surface area contributed by atoms with Gasteiger partial charge in [-0.25, -0.2) is 0 Å². The summed E-state index contributed by atoms with van der Waals surface area (Å²) in [6.07, 6.45) is 10.4. The van der Waals surface area contributed by atoms with Crippen molar-refractivity contribution in [2.24, 2.45) is 23.2 Å². The van der Waals surface area contributed by atoms with Crippen LogP contribution in [0.2, 0.25) is 0 Å². The lowest BCUT2D eigenvalue weighted by Crippen LogP contribution is -2.42. The van der Waals surface area contributed by atoms with Crippen molar-refractivity contribution in [1.82, 2.24) is 0 Å². The lowest BCUT2D eigenvalue weighted by Gasteiger charge is -2.51. The monoisotopic (exact) mass is 324 g/mol. The average molecular weight is 325 g/mol. The van der Waals surface area contributed by atoms with E-state index in [0.29, 0.717) is 11.2 Å². The molecule has 1 N–H and O–H groups in total. The molecular weight excluding hydrogens is 292 g/mol. The van der Waals surface area contributed by atoms with Gasteiger partial charge in [0, 0.05) is 0 Å². The molecule has 0 heterocycles. The fourth-order valence-corrected chi connectivity index (χ4v) is 6.73. The van der Waals surface area contributed by atoms with Gasteiger partial charge in [-0.15, -0.1) is 0 Å². The Morgan fingerprint density at radius 2 is 2.08 bits per heavy atom. The highest BCUT2D eigenvalue weighted by molar-refractivity contribution is 5.40. The molecule has 0 amide bonds. The van der Waals surface area contributed by atoms with Crippen molar-refractivity contribution < 1.29 is 5.11 Å². The van der Waals surface area contributed by atoms with Gasteiger partial charge in [0.05, 0.1) is 0 Å². The number of fused-ring (bicyclic) bond motifs is 5. The van der Waals surface area contributed by atoms with E-state index < -0.39 is 0 Å². The summed E-state index contributed by atoms with van der Waals surface area (Å²) >= 11 is 0. The maximum Gasteiger partial charge on any atom is 0.115 e. The summed E-state index contributed by atoms with van der Waals surface area (Å²) < 4.78 is 0. The summed E-state index contributed by atoms with van der Waals surface area (Å²) in [6.45, 7) is 9.35. The lowest BCUT2D eigenvalue weighted by molar-refractivity contribution is 0.0374. The molecule has 130 valence electrons. The molecule has 5 unspecified atom stereocenters. The second-order valence-corrected chi connectivity index (χ2v) is 8.88. The van der Waals surface area contributed by atoms with Crippen LogP contribution in [0.1, 0.15) is 75.8 Å². The summed E-state index contributed by atoms with van der Waals surface area (Å²) in [6, 6.07) is 6.13. The van der Waals surface area contributed by atoms with Gasteiger partial charge in [0.25, 0.3) is 0 Å². The number of hydrogen-bond acceptors (Lipinski definition) is 1. The van der Waals surface area contributed by atoms with Crippen LogP contribution in [-0.2, 0) is 6.42 Å². The van der Waals surface area contributed by atoms with Gasteiger partial charge in [-0.2, -0.15) is 0 Å². The van der Waals surface area contributed by atoms with Crippen molar-refractivity contribution in [3.63, 3.8) is 0 Å². The Labute approximate surface area is 147 Å². The molecule has 3 aliphatic carbocycles. The Bertz CT molecular complexity index is 645. The van der Waals surface area contributed by atoms with E-state index in [1.165, 1.54) is 56.1 Å². The first-order valence-corrected chi connectivity index (χ1v) is 10.0. The minimum absolute atomic E-state index is 0.435. The van der Waals surface area contributed by atoms with E-state index in [0.717, 1.165) is 30.1 Å². The zero-order chi connectivity index (χ0) is 16.9. The third kappa shape index (κ3) is 2.35. The Balaban J connectivity index is 1.62. The molecule has 4 rings (SSSR count). The van der Waals surface area contributed by atoms with Gasteiger partial charge >= 0.3 is 0 Å². The Hall–Kier alpha value is -1.24. The molecule has 0 radical (unpaired) electrons. The zero-order valence-electron chi connectivity index (χ0n) is 15.4. The van der Waals surface area contributed by atoms with Crippen LogP contribution in [0.25, 0.3) is 0 Å². The topological polar surface area (TPSA) is 20.2 Å². The number of aryl methyl sites for hydroxylation is 1. The van der Waals surface area contributed by atoms with Crippen LogP contribution >= 0.6 is 0 Å². The molecule has 0 aromatic heterocycles. The third-order valence-corrected chi connectivity index (χ3v) is 7.77. The summed E-state index contributed by atoms with van der Waals surface area (Å²) in [5.41, 5.74) is 4.97. The van der Waals surface area contributed by atoms with Crippen molar-refractivity contribution in [2.45, 2.75) is 71.1 Å². The predicted molar refractivity (Wildman–Crippen MR) is 100 cm³/mol. The molecular formula is C23H32O. The summed E-state index contributed by atoms with van der Waals surface area (Å²) in [7, 11) is 0. The average Bonchev–Trinajstić information content (AvgIpc) is 2.92. The summed E-state index contributed by atoms with van der Waals surface area (Å²) in [5, 5.41) is 9.81. The van der Waals surface area contributed by atoms with Crippen LogP contribution in [-0.4, -0.2) is 5.11 Å². The second-order valence-electron chi connectivity index (χ2n) is 8.88. The number of hydrogen-bond donors (Lipinski definition) is 1. The van der Waals surface area contributed by atoms with Gasteiger partial charge in [0.1, 0.15) is 5.75 Å². The van der Waals surface area contributed by atoms with E-state index in [4.69, 9.17) is 0 Å². The molecule has 5 atom stereocenters. The number of rotatable bonds is 3. The molecule has 0 aliphatic heterocycles. The Morgan fingerprint density at radius 1 is 1.25 bits per heavy atom. The number of aromatic hydroxyl groups is 1. The maximum atomic E-state index is 9.81. The molecule has 1 nitrogen and oxygen atoms in total. The van der Waals surface area contributed by atoms with Crippen LogP contribution in [0.15, 0.2) is 30.4 Å². The SMILES string of the molecule is C=C(CCC)C1CCC2C3CCc4cc(O)ccc4C3CCC12C. The fraction of sp³-hybridized carbons (Fsp3) is 0.652. The van der Waals surface area contributed by atoms with Gasteiger partial charge in [0.2, 0.25) is 0 Å². The molecule has 2 fully saturated rings. The van der Waals surface area contributed by atoms with Crippen LogP contribution in [0.3, 0.4) is 0 Å². The van der Waals surface area contributed by atoms with E-state index in [-0.39, 0.29) is 0 Å². The van der Waals surface area contributed by atoms with Crippen LogP contribution < -0.4 is 0 Å². The molecule has 1 aromatic rings. The second kappa shape index (κ2) is 5.93. The summed E-state index contributed by atoms with van der Waals surface area (Å²) in [5.74, 6) is 3.64. The molecule has 2 saturated carbocycles. The fourth-order valence-electron chi connectivity index (χ4n) is 6.73. The Morgan fingerprint density at radius 3 is 2.88 bits per heavy atom. The van der Waals surface area contributed by atoms with Gasteiger partial charge in [-0.05, 0) is 97.3 Å². The highest BCUT2D eigenvalue weighted by Crippen LogP contribution is 2.64. The standard InChI is InChI=1S/C23H32O/c1-4-5-15(2)21-10-11-22-20-8-6-16-14-17(24)7-9-18(16)19(20)12-13-23(21,22)3/h7,9,14,19-22,24H,2,4-6,8,10-13H2,1,3H3. The van der Waals surface area contributed by atoms with Crippen molar-refractivity contribution in [2.75, 3.05) is 0 Å². The van der Waals surface area contributed by atoms with Gasteiger partial charge in [0.15, 0.2) is 0 Å². The number of phenols is 1. The van der Waals surface area contributed by atoms with Crippen LogP contribution in [0.5, 0.6) is 5.75 Å². The van der Waals surface area contributed by atoms with E-state index >= 15 is 0 Å². The molecule has 1 aromatic carbocycles. The first kappa shape index (κ1) is 16.2. The maximum absolute atomic E-state index is 9.81. The molecule has 0 bridgehead atoms. The highest BCUT2D eigenvalue weighted by Gasteiger charge is 2.54. The minimum atomic E-state index is 0.435. The smallest absolute Gasteiger partial charge is 0.115 e. The minimum Gasteiger partial charge on any atom is -0.508 e. The molecule has 0 spiro atoms. The number of allylic oxidation sites excluding steroid dienone is 1. The highest BCUT2D eigenvalue weighted by atomic mass is 16.3. The van der Waals surface area contributed by atoms with Gasteiger partial charge < -0.3 is 5.11 Å². The van der Waals surface area contributed by atoms with Crippen molar-refractivity contribution in [1.29, 1.82) is 0 Å². The largest absolute Gasteiger partial charge is 0.508 e. The van der Waals surface area contributed by atoms with Crippen LogP contribution in [0, 0.1) is 23.2 Å². The third-order valence-electron chi connectivity index (χ3n) is 7.77. The number of benzene rings is 1. The van der Waals surface area contributed by atoms with Crippen LogP contribution in [0.4, 0.5) is 0 Å². The number of phenolic OH excluding ortho intramolecular Hbond substituents is 1. The molecule has 0 saturated heterocycles. The normalized spacial score (nSPS) is 37.4. The van der Waals surface area contributed by atoms with E-state index in [9.17, 15) is 5.11 Å². The van der Waals surface area contributed by atoms with E-state index in [2.05, 4.69) is 26.5 Å². The van der Waals surface area contributed by atoms with Crippen molar-refractivity contribution in [3.05, 3.63) is 41.5 Å². The van der Waals surface area contributed by atoms with E-state index in [1.54, 1.807) is 5.56 Å². The molecule has 3 aliphatic rings. The first-order valence-electron chi connectivity index (χ1n) is 10.0. The molecule has 24 heavy (non-hydrogen) atoms. The molecule has 1 heteroatoms.